The van der Waals surface area contributed by atoms with Crippen molar-refractivity contribution in [1.29, 1.82) is 0 Å². The van der Waals surface area contributed by atoms with E-state index in [0.717, 1.165) is 11.1 Å². The quantitative estimate of drug-likeness (QED) is 0.856. The Labute approximate surface area is 134 Å². The molecule has 0 aliphatic heterocycles. The van der Waals surface area contributed by atoms with Crippen LogP contribution in [0.2, 0.25) is 5.02 Å². The molecule has 0 saturated heterocycles. The molecule has 0 heterocycles. The van der Waals surface area contributed by atoms with Crippen LogP contribution < -0.4 is 11.1 Å². The highest BCUT2D eigenvalue weighted by atomic mass is 35.5. The fraction of sp³-hybridized carbons (Fsp3) is 0.176. The molecule has 2 aromatic carbocycles. The number of primary amides is 1. The summed E-state index contributed by atoms with van der Waals surface area (Å²) in [6.07, 6.45) is 0.475. The summed E-state index contributed by atoms with van der Waals surface area (Å²) in [7, 11) is 0. The van der Waals surface area contributed by atoms with Gasteiger partial charge in [-0.05, 0) is 17.2 Å². The van der Waals surface area contributed by atoms with Crippen molar-refractivity contribution in [2.45, 2.75) is 18.9 Å². The number of rotatable bonds is 6. The largest absolute Gasteiger partial charge is 0.368 e. The van der Waals surface area contributed by atoms with E-state index >= 15 is 0 Å². The zero-order chi connectivity index (χ0) is 15.9. The number of amides is 2. The van der Waals surface area contributed by atoms with Crippen molar-refractivity contribution in [3.63, 3.8) is 0 Å². The van der Waals surface area contributed by atoms with Gasteiger partial charge in [0.2, 0.25) is 11.8 Å². The van der Waals surface area contributed by atoms with E-state index in [4.69, 9.17) is 17.3 Å². The zero-order valence-corrected chi connectivity index (χ0v) is 12.7. The van der Waals surface area contributed by atoms with Crippen molar-refractivity contribution in [2.24, 2.45) is 5.73 Å². The van der Waals surface area contributed by atoms with Gasteiger partial charge in [-0.1, -0.05) is 60.1 Å². The lowest BCUT2D eigenvalue weighted by Crippen LogP contribution is -2.46. The second-order valence-electron chi connectivity index (χ2n) is 4.98. The average molecular weight is 317 g/mol. The van der Waals surface area contributed by atoms with E-state index in [1.54, 1.807) is 12.1 Å². The number of carbonyl (C=O) groups is 2. The number of nitrogens with two attached hydrogens (primary N) is 1. The molecule has 2 aromatic rings. The molecular formula is C17H17ClN2O2. The minimum Gasteiger partial charge on any atom is -0.368 e. The molecule has 0 spiro atoms. The van der Waals surface area contributed by atoms with Gasteiger partial charge in [0, 0.05) is 11.4 Å². The van der Waals surface area contributed by atoms with Crippen molar-refractivity contribution in [1.82, 2.24) is 5.32 Å². The monoisotopic (exact) mass is 316 g/mol. The van der Waals surface area contributed by atoms with E-state index in [-0.39, 0.29) is 18.7 Å². The third-order valence-corrected chi connectivity index (χ3v) is 3.64. The topological polar surface area (TPSA) is 72.2 Å². The molecule has 0 aromatic heterocycles. The Kier molecular flexibility index (Phi) is 5.55. The van der Waals surface area contributed by atoms with Gasteiger partial charge < -0.3 is 11.1 Å². The number of halogens is 1. The van der Waals surface area contributed by atoms with E-state index in [9.17, 15) is 9.59 Å². The minimum absolute atomic E-state index is 0.202. The second kappa shape index (κ2) is 7.61. The molecule has 2 rings (SSSR count). The van der Waals surface area contributed by atoms with Crippen LogP contribution in [-0.4, -0.2) is 17.9 Å². The van der Waals surface area contributed by atoms with Gasteiger partial charge in [-0.2, -0.15) is 0 Å². The molecule has 114 valence electrons. The minimum atomic E-state index is -0.781. The van der Waals surface area contributed by atoms with Crippen LogP contribution in [0.3, 0.4) is 0 Å². The summed E-state index contributed by atoms with van der Waals surface area (Å²) in [5.74, 6) is -0.830. The van der Waals surface area contributed by atoms with Gasteiger partial charge in [0.25, 0.3) is 0 Å². The van der Waals surface area contributed by atoms with Crippen molar-refractivity contribution < 1.29 is 9.59 Å². The van der Waals surface area contributed by atoms with E-state index in [2.05, 4.69) is 5.32 Å². The smallest absolute Gasteiger partial charge is 0.240 e. The van der Waals surface area contributed by atoms with Crippen molar-refractivity contribution in [3.05, 3.63) is 70.7 Å². The summed E-state index contributed by atoms with van der Waals surface area (Å²) in [6.45, 7) is 0. The predicted molar refractivity (Wildman–Crippen MR) is 86.4 cm³/mol. The van der Waals surface area contributed by atoms with E-state index in [1.807, 2.05) is 42.5 Å². The van der Waals surface area contributed by atoms with Gasteiger partial charge in [-0.15, -0.1) is 0 Å². The summed E-state index contributed by atoms with van der Waals surface area (Å²) in [5, 5.41) is 3.22. The maximum absolute atomic E-state index is 12.1. The molecule has 5 heteroatoms. The fourth-order valence-corrected chi connectivity index (χ4v) is 2.35. The first-order valence-electron chi connectivity index (χ1n) is 6.92. The molecule has 0 saturated carbocycles. The average Bonchev–Trinajstić information content (AvgIpc) is 2.49. The Morgan fingerprint density at radius 1 is 1.05 bits per heavy atom. The molecule has 3 N–H and O–H groups in total. The lowest BCUT2D eigenvalue weighted by Gasteiger charge is -2.16. The summed E-state index contributed by atoms with van der Waals surface area (Å²) in [5.41, 5.74) is 7.03. The normalized spacial score (nSPS) is 11.7. The molecule has 2 amide bonds. The fourth-order valence-electron chi connectivity index (χ4n) is 2.13. The first kappa shape index (κ1) is 16.0. The van der Waals surface area contributed by atoms with Crippen molar-refractivity contribution in [3.8, 4) is 0 Å². The molecule has 22 heavy (non-hydrogen) atoms. The van der Waals surface area contributed by atoms with Crippen LogP contribution in [-0.2, 0) is 22.4 Å². The van der Waals surface area contributed by atoms with E-state index < -0.39 is 11.9 Å². The van der Waals surface area contributed by atoms with Crippen LogP contribution in [0, 0.1) is 0 Å². The van der Waals surface area contributed by atoms with Gasteiger partial charge in [0.05, 0.1) is 6.42 Å². The summed E-state index contributed by atoms with van der Waals surface area (Å²) < 4.78 is 0. The van der Waals surface area contributed by atoms with Crippen LogP contribution in [0.5, 0.6) is 0 Å². The van der Waals surface area contributed by atoms with Gasteiger partial charge in [-0.25, -0.2) is 0 Å². The molecule has 0 bridgehead atoms. The van der Waals surface area contributed by atoms with Crippen molar-refractivity contribution >= 4 is 23.4 Å². The third-order valence-electron chi connectivity index (χ3n) is 3.27. The molecule has 0 fully saturated rings. The SMILES string of the molecule is NC(=O)[C@H](Cc1ccccc1Cl)NC(=O)Cc1ccccc1. The van der Waals surface area contributed by atoms with Crippen LogP contribution in [0.1, 0.15) is 11.1 Å². The highest BCUT2D eigenvalue weighted by Crippen LogP contribution is 2.16. The molecule has 1 atom stereocenters. The summed E-state index contributed by atoms with van der Waals surface area (Å²) >= 11 is 6.07. The zero-order valence-electron chi connectivity index (χ0n) is 12.0. The Hall–Kier alpha value is -2.33. The van der Waals surface area contributed by atoms with Gasteiger partial charge in [0.15, 0.2) is 0 Å². The lowest BCUT2D eigenvalue weighted by molar-refractivity contribution is -0.127. The first-order chi connectivity index (χ1) is 10.6. The molecular weight excluding hydrogens is 300 g/mol. The van der Waals surface area contributed by atoms with E-state index in [1.165, 1.54) is 0 Å². The number of hydrogen-bond donors (Lipinski definition) is 2. The Bertz CT molecular complexity index is 659. The number of carbonyl (C=O) groups excluding carboxylic acids is 2. The molecule has 0 aliphatic carbocycles. The first-order valence-corrected chi connectivity index (χ1v) is 7.30. The molecule has 0 aliphatic rings. The molecule has 0 unspecified atom stereocenters. The Morgan fingerprint density at radius 2 is 1.68 bits per heavy atom. The highest BCUT2D eigenvalue weighted by Gasteiger charge is 2.19. The van der Waals surface area contributed by atoms with Crippen LogP contribution in [0.4, 0.5) is 0 Å². The molecule has 4 nitrogen and oxygen atoms in total. The Morgan fingerprint density at radius 3 is 2.32 bits per heavy atom. The van der Waals surface area contributed by atoms with Gasteiger partial charge in [-0.3, -0.25) is 9.59 Å². The van der Waals surface area contributed by atoms with Crippen LogP contribution in [0.25, 0.3) is 0 Å². The van der Waals surface area contributed by atoms with E-state index in [0.29, 0.717) is 5.02 Å². The van der Waals surface area contributed by atoms with Crippen molar-refractivity contribution in [2.75, 3.05) is 0 Å². The maximum atomic E-state index is 12.1. The van der Waals surface area contributed by atoms with Crippen LogP contribution >= 0.6 is 11.6 Å². The predicted octanol–water partition coefficient (Wildman–Crippen LogP) is 2.10. The number of benzene rings is 2. The standard InChI is InChI=1S/C17H17ClN2O2/c18-14-9-5-4-8-13(14)11-15(17(19)22)20-16(21)10-12-6-2-1-3-7-12/h1-9,15H,10-11H2,(H2,19,22)(H,20,21)/t15-/m0/s1. The third kappa shape index (κ3) is 4.60. The summed E-state index contributed by atoms with van der Waals surface area (Å²) in [6, 6.07) is 15.7. The van der Waals surface area contributed by atoms with Gasteiger partial charge in [0.1, 0.15) is 6.04 Å². The van der Waals surface area contributed by atoms with Crippen LogP contribution in [0.15, 0.2) is 54.6 Å². The van der Waals surface area contributed by atoms with Gasteiger partial charge >= 0.3 is 0 Å². The lowest BCUT2D eigenvalue weighted by atomic mass is 10.0. The second-order valence-corrected chi connectivity index (χ2v) is 5.39. The maximum Gasteiger partial charge on any atom is 0.240 e. The molecule has 0 radical (unpaired) electrons. The highest BCUT2D eigenvalue weighted by molar-refractivity contribution is 6.31. The Balaban J connectivity index is 2.01. The number of hydrogen-bond acceptors (Lipinski definition) is 2. The number of nitrogens with one attached hydrogen (secondary N) is 1. The summed E-state index contributed by atoms with van der Waals surface area (Å²) in [4.78, 5) is 23.6.